The summed E-state index contributed by atoms with van der Waals surface area (Å²) in [5, 5.41) is 2.74. The number of nitrogen functional groups attached to an aromatic ring is 1. The van der Waals surface area contributed by atoms with Crippen LogP contribution in [-0.4, -0.2) is 22.4 Å². The standard InChI is InChI=1S/C9H15N5O/c1-2-3-4-12-9(15)7-5-11-6-8(13-7)14-10/h5-6H,2-4,10H2,1H3,(H,12,15)(H,13,14). The molecule has 1 heterocycles. The molecular formula is C9H15N5O. The van der Waals surface area contributed by atoms with Crippen LogP contribution in [0, 0.1) is 0 Å². The first-order valence-electron chi connectivity index (χ1n) is 4.84. The maximum Gasteiger partial charge on any atom is 0.271 e. The maximum absolute atomic E-state index is 11.5. The number of carbonyl (C=O) groups is 1. The lowest BCUT2D eigenvalue weighted by Crippen LogP contribution is -2.26. The van der Waals surface area contributed by atoms with Crippen molar-refractivity contribution in [2.24, 2.45) is 5.84 Å². The number of carbonyl (C=O) groups excluding carboxylic acids is 1. The molecule has 0 spiro atoms. The fourth-order valence-electron chi connectivity index (χ4n) is 1.01. The third kappa shape index (κ3) is 3.51. The van der Waals surface area contributed by atoms with Crippen molar-refractivity contribution in [2.75, 3.05) is 12.0 Å². The number of hydrogen-bond donors (Lipinski definition) is 3. The van der Waals surface area contributed by atoms with Gasteiger partial charge in [0.2, 0.25) is 0 Å². The number of hydrogen-bond acceptors (Lipinski definition) is 5. The van der Waals surface area contributed by atoms with Crippen LogP contribution in [0.25, 0.3) is 0 Å². The minimum atomic E-state index is -0.229. The lowest BCUT2D eigenvalue weighted by atomic mass is 10.3. The summed E-state index contributed by atoms with van der Waals surface area (Å²) >= 11 is 0. The van der Waals surface area contributed by atoms with E-state index in [9.17, 15) is 4.79 Å². The normalized spacial score (nSPS) is 9.73. The van der Waals surface area contributed by atoms with Gasteiger partial charge in [0.05, 0.1) is 12.4 Å². The summed E-state index contributed by atoms with van der Waals surface area (Å²) in [6.07, 6.45) is 4.84. The predicted octanol–water partition coefficient (Wildman–Crippen LogP) is 0.292. The van der Waals surface area contributed by atoms with Gasteiger partial charge in [-0.3, -0.25) is 9.78 Å². The van der Waals surface area contributed by atoms with Gasteiger partial charge in [0.1, 0.15) is 5.69 Å². The van der Waals surface area contributed by atoms with Gasteiger partial charge in [0.25, 0.3) is 5.91 Å². The number of aromatic nitrogens is 2. The van der Waals surface area contributed by atoms with Gasteiger partial charge in [-0.05, 0) is 6.42 Å². The third-order valence-corrected chi connectivity index (χ3v) is 1.83. The largest absolute Gasteiger partial charge is 0.351 e. The highest BCUT2D eigenvalue weighted by Crippen LogP contribution is 1.99. The highest BCUT2D eigenvalue weighted by molar-refractivity contribution is 5.92. The van der Waals surface area contributed by atoms with Gasteiger partial charge in [0, 0.05) is 6.54 Å². The molecule has 0 aliphatic heterocycles. The quantitative estimate of drug-likeness (QED) is 0.368. The second-order valence-electron chi connectivity index (χ2n) is 3.04. The van der Waals surface area contributed by atoms with Gasteiger partial charge < -0.3 is 10.7 Å². The number of nitrogens with zero attached hydrogens (tertiary/aromatic N) is 2. The van der Waals surface area contributed by atoms with Gasteiger partial charge in [-0.1, -0.05) is 13.3 Å². The zero-order valence-electron chi connectivity index (χ0n) is 8.66. The van der Waals surface area contributed by atoms with Crippen molar-refractivity contribution >= 4 is 11.7 Å². The average molecular weight is 209 g/mol. The van der Waals surface area contributed by atoms with E-state index < -0.39 is 0 Å². The highest BCUT2D eigenvalue weighted by atomic mass is 16.1. The van der Waals surface area contributed by atoms with Crippen molar-refractivity contribution in [3.05, 3.63) is 18.1 Å². The first-order chi connectivity index (χ1) is 7.27. The van der Waals surface area contributed by atoms with Crippen molar-refractivity contribution in [1.82, 2.24) is 15.3 Å². The summed E-state index contributed by atoms with van der Waals surface area (Å²) in [5.41, 5.74) is 2.60. The monoisotopic (exact) mass is 209 g/mol. The molecule has 0 aliphatic rings. The summed E-state index contributed by atoms with van der Waals surface area (Å²) in [6, 6.07) is 0. The number of hydrazine groups is 1. The van der Waals surface area contributed by atoms with E-state index in [0.29, 0.717) is 12.4 Å². The Labute approximate surface area is 88.3 Å². The Hall–Kier alpha value is -1.69. The molecule has 0 fully saturated rings. The van der Waals surface area contributed by atoms with Crippen molar-refractivity contribution in [2.45, 2.75) is 19.8 Å². The van der Waals surface area contributed by atoms with Gasteiger partial charge in [0.15, 0.2) is 5.82 Å². The number of rotatable bonds is 5. The second kappa shape index (κ2) is 5.92. The van der Waals surface area contributed by atoms with Crippen molar-refractivity contribution in [3.8, 4) is 0 Å². The molecule has 0 radical (unpaired) electrons. The van der Waals surface area contributed by atoms with Crippen molar-refractivity contribution in [1.29, 1.82) is 0 Å². The molecule has 4 N–H and O–H groups in total. The van der Waals surface area contributed by atoms with E-state index in [1.54, 1.807) is 0 Å². The van der Waals surface area contributed by atoms with Crippen LogP contribution in [0.3, 0.4) is 0 Å². The zero-order chi connectivity index (χ0) is 11.1. The molecule has 0 bridgehead atoms. The van der Waals surface area contributed by atoms with Crippen molar-refractivity contribution in [3.63, 3.8) is 0 Å². The molecule has 15 heavy (non-hydrogen) atoms. The summed E-state index contributed by atoms with van der Waals surface area (Å²) in [6.45, 7) is 2.71. The van der Waals surface area contributed by atoms with Gasteiger partial charge in [-0.2, -0.15) is 0 Å². The fraction of sp³-hybridized carbons (Fsp3) is 0.444. The van der Waals surface area contributed by atoms with Crippen LogP contribution < -0.4 is 16.6 Å². The first-order valence-corrected chi connectivity index (χ1v) is 4.84. The Kier molecular flexibility index (Phi) is 4.49. The molecular weight excluding hydrogens is 194 g/mol. The number of unbranched alkanes of at least 4 members (excludes halogenated alkanes) is 1. The Balaban J connectivity index is 2.57. The molecule has 0 aromatic carbocycles. The summed E-state index contributed by atoms with van der Waals surface area (Å²) in [7, 11) is 0. The lowest BCUT2D eigenvalue weighted by Gasteiger charge is -2.04. The summed E-state index contributed by atoms with van der Waals surface area (Å²) in [5.74, 6) is 5.30. The van der Waals surface area contributed by atoms with E-state index in [1.807, 2.05) is 0 Å². The average Bonchev–Trinajstić information content (AvgIpc) is 2.29. The smallest absolute Gasteiger partial charge is 0.271 e. The molecule has 1 aromatic rings. The van der Waals surface area contributed by atoms with Crippen LogP contribution in [0.1, 0.15) is 30.3 Å². The molecule has 1 rings (SSSR count). The molecule has 6 heteroatoms. The van der Waals surface area contributed by atoms with Crippen LogP contribution in [-0.2, 0) is 0 Å². The number of nitrogens with two attached hydrogens (primary N) is 1. The molecule has 6 nitrogen and oxygen atoms in total. The Morgan fingerprint density at radius 3 is 3.00 bits per heavy atom. The molecule has 0 unspecified atom stereocenters. The van der Waals surface area contributed by atoms with E-state index in [-0.39, 0.29) is 11.6 Å². The minimum Gasteiger partial charge on any atom is -0.351 e. The third-order valence-electron chi connectivity index (χ3n) is 1.83. The SMILES string of the molecule is CCCCNC(=O)c1cncc(NN)n1. The van der Waals surface area contributed by atoms with E-state index in [1.165, 1.54) is 12.4 Å². The molecule has 0 saturated carbocycles. The Morgan fingerprint density at radius 2 is 2.33 bits per heavy atom. The Morgan fingerprint density at radius 1 is 1.53 bits per heavy atom. The summed E-state index contributed by atoms with van der Waals surface area (Å²) < 4.78 is 0. The number of amides is 1. The van der Waals surface area contributed by atoms with Crippen LogP contribution in [0.2, 0.25) is 0 Å². The maximum atomic E-state index is 11.5. The van der Waals surface area contributed by atoms with E-state index in [2.05, 4.69) is 27.6 Å². The van der Waals surface area contributed by atoms with Gasteiger partial charge in [-0.25, -0.2) is 10.8 Å². The first kappa shape index (κ1) is 11.4. The molecule has 0 atom stereocenters. The zero-order valence-corrected chi connectivity index (χ0v) is 8.66. The predicted molar refractivity (Wildman–Crippen MR) is 57.1 cm³/mol. The molecule has 1 aromatic heterocycles. The highest BCUT2D eigenvalue weighted by Gasteiger charge is 2.07. The van der Waals surface area contributed by atoms with E-state index in [4.69, 9.17) is 5.84 Å². The molecule has 1 amide bonds. The molecule has 0 saturated heterocycles. The second-order valence-corrected chi connectivity index (χ2v) is 3.04. The van der Waals surface area contributed by atoms with Crippen LogP contribution in [0.4, 0.5) is 5.82 Å². The summed E-state index contributed by atoms with van der Waals surface area (Å²) in [4.78, 5) is 19.3. The van der Waals surface area contributed by atoms with Crippen LogP contribution in [0.5, 0.6) is 0 Å². The number of anilines is 1. The molecule has 82 valence electrons. The Bertz CT molecular complexity index is 328. The topological polar surface area (TPSA) is 92.9 Å². The van der Waals surface area contributed by atoms with Crippen LogP contribution >= 0.6 is 0 Å². The fourth-order valence-corrected chi connectivity index (χ4v) is 1.01. The van der Waals surface area contributed by atoms with E-state index in [0.717, 1.165) is 12.8 Å². The van der Waals surface area contributed by atoms with Crippen LogP contribution in [0.15, 0.2) is 12.4 Å². The number of nitrogens with one attached hydrogen (secondary N) is 2. The molecule has 0 aliphatic carbocycles. The van der Waals surface area contributed by atoms with Gasteiger partial charge in [-0.15, -0.1) is 0 Å². The van der Waals surface area contributed by atoms with Gasteiger partial charge >= 0.3 is 0 Å². The van der Waals surface area contributed by atoms with Crippen molar-refractivity contribution < 1.29 is 4.79 Å². The lowest BCUT2D eigenvalue weighted by molar-refractivity contribution is 0.0948. The van der Waals surface area contributed by atoms with E-state index >= 15 is 0 Å². The minimum absolute atomic E-state index is 0.229.